The summed E-state index contributed by atoms with van der Waals surface area (Å²) in [6, 6.07) is 12.7. The van der Waals surface area contributed by atoms with Gasteiger partial charge in [-0.3, -0.25) is 9.59 Å². The fourth-order valence-electron chi connectivity index (χ4n) is 2.55. The summed E-state index contributed by atoms with van der Waals surface area (Å²) < 4.78 is 26.6. The SMILES string of the molecule is CCNS(=O)(=O)c1cccc(C(=O)Nc2ccccc2C(=O)NC2CC2)c1. The third-order valence-electron chi connectivity index (χ3n) is 4.07. The van der Waals surface area contributed by atoms with E-state index in [1.165, 1.54) is 24.3 Å². The maximum atomic E-state index is 12.6. The Kier molecular flexibility index (Phi) is 5.57. The molecule has 0 aliphatic heterocycles. The Labute approximate surface area is 158 Å². The Morgan fingerprint density at radius 1 is 1.04 bits per heavy atom. The molecule has 3 rings (SSSR count). The number of carbonyl (C=O) groups excluding carboxylic acids is 2. The molecule has 0 atom stereocenters. The van der Waals surface area contributed by atoms with Gasteiger partial charge in [-0.2, -0.15) is 0 Å². The maximum Gasteiger partial charge on any atom is 0.255 e. The first-order valence-corrected chi connectivity index (χ1v) is 10.2. The molecular formula is C19H21N3O4S. The van der Waals surface area contributed by atoms with Gasteiger partial charge in [0.05, 0.1) is 16.1 Å². The summed E-state index contributed by atoms with van der Waals surface area (Å²) in [6.07, 6.45) is 1.93. The molecule has 2 aromatic rings. The van der Waals surface area contributed by atoms with E-state index in [9.17, 15) is 18.0 Å². The van der Waals surface area contributed by atoms with Crippen LogP contribution in [0.25, 0.3) is 0 Å². The summed E-state index contributed by atoms with van der Waals surface area (Å²) in [5.41, 5.74) is 0.932. The van der Waals surface area contributed by atoms with Crippen LogP contribution >= 0.6 is 0 Å². The monoisotopic (exact) mass is 387 g/mol. The maximum absolute atomic E-state index is 12.6. The zero-order valence-corrected chi connectivity index (χ0v) is 15.7. The van der Waals surface area contributed by atoms with Crippen LogP contribution in [0, 0.1) is 0 Å². The van der Waals surface area contributed by atoms with E-state index in [-0.39, 0.29) is 29.0 Å². The number of benzene rings is 2. The first-order valence-electron chi connectivity index (χ1n) is 8.71. The molecule has 0 heterocycles. The average molecular weight is 387 g/mol. The average Bonchev–Trinajstić information content (AvgIpc) is 3.46. The van der Waals surface area contributed by atoms with Crippen molar-refractivity contribution in [2.24, 2.45) is 0 Å². The summed E-state index contributed by atoms with van der Waals surface area (Å²) in [7, 11) is -3.66. The Bertz CT molecular complexity index is 968. The van der Waals surface area contributed by atoms with E-state index in [4.69, 9.17) is 0 Å². The fraction of sp³-hybridized carbons (Fsp3) is 0.263. The number of rotatable bonds is 7. The minimum atomic E-state index is -3.66. The molecule has 2 aromatic carbocycles. The van der Waals surface area contributed by atoms with Crippen molar-refractivity contribution in [3.05, 3.63) is 59.7 Å². The van der Waals surface area contributed by atoms with Gasteiger partial charge in [-0.05, 0) is 43.2 Å². The van der Waals surface area contributed by atoms with Gasteiger partial charge in [-0.1, -0.05) is 25.1 Å². The van der Waals surface area contributed by atoms with Crippen LogP contribution in [0.1, 0.15) is 40.5 Å². The standard InChI is InChI=1S/C19H21N3O4S/c1-2-20-27(25,26)15-7-5-6-13(12-15)18(23)22-17-9-4-3-8-16(17)19(24)21-14-10-11-14/h3-9,12,14,20H,2,10-11H2,1H3,(H,21,24)(H,22,23). The molecule has 1 saturated carbocycles. The lowest BCUT2D eigenvalue weighted by Crippen LogP contribution is -2.27. The van der Waals surface area contributed by atoms with E-state index in [2.05, 4.69) is 15.4 Å². The van der Waals surface area contributed by atoms with Crippen LogP contribution in [-0.2, 0) is 10.0 Å². The molecule has 1 aliphatic carbocycles. The molecule has 0 radical (unpaired) electrons. The Hall–Kier alpha value is -2.71. The summed E-state index contributed by atoms with van der Waals surface area (Å²) in [5, 5.41) is 5.59. The molecule has 2 amide bonds. The minimum absolute atomic E-state index is 0.0109. The first kappa shape index (κ1) is 19.1. The van der Waals surface area contributed by atoms with Crippen LogP contribution in [0.2, 0.25) is 0 Å². The van der Waals surface area contributed by atoms with E-state index in [1.807, 2.05) is 0 Å². The van der Waals surface area contributed by atoms with Gasteiger partial charge in [-0.15, -0.1) is 0 Å². The van der Waals surface area contributed by atoms with E-state index in [0.717, 1.165) is 12.8 Å². The lowest BCUT2D eigenvalue weighted by Gasteiger charge is -2.12. The number of nitrogens with one attached hydrogen (secondary N) is 3. The number of amides is 2. The molecule has 0 aromatic heterocycles. The zero-order chi connectivity index (χ0) is 19.4. The molecule has 142 valence electrons. The van der Waals surface area contributed by atoms with Gasteiger partial charge in [0, 0.05) is 18.2 Å². The molecular weight excluding hydrogens is 366 g/mol. The van der Waals surface area contributed by atoms with Crippen molar-refractivity contribution in [3.8, 4) is 0 Å². The van der Waals surface area contributed by atoms with Crippen molar-refractivity contribution in [1.82, 2.24) is 10.0 Å². The van der Waals surface area contributed by atoms with Crippen molar-refractivity contribution in [1.29, 1.82) is 0 Å². The fourth-order valence-corrected chi connectivity index (χ4v) is 3.64. The number of para-hydroxylation sites is 1. The largest absolute Gasteiger partial charge is 0.349 e. The Morgan fingerprint density at radius 2 is 1.78 bits per heavy atom. The molecule has 8 heteroatoms. The number of anilines is 1. The van der Waals surface area contributed by atoms with Gasteiger partial charge in [0.15, 0.2) is 0 Å². The van der Waals surface area contributed by atoms with Crippen LogP contribution in [0.5, 0.6) is 0 Å². The molecule has 7 nitrogen and oxygen atoms in total. The predicted octanol–water partition coefficient (Wildman–Crippen LogP) is 2.13. The highest BCUT2D eigenvalue weighted by Crippen LogP contribution is 2.22. The second-order valence-corrected chi connectivity index (χ2v) is 8.04. The molecule has 0 unspecified atom stereocenters. The zero-order valence-electron chi connectivity index (χ0n) is 14.9. The van der Waals surface area contributed by atoms with Crippen LogP contribution in [0.4, 0.5) is 5.69 Å². The molecule has 0 spiro atoms. The van der Waals surface area contributed by atoms with Gasteiger partial charge < -0.3 is 10.6 Å². The number of hydrogen-bond donors (Lipinski definition) is 3. The second kappa shape index (κ2) is 7.89. The van der Waals surface area contributed by atoms with Gasteiger partial charge >= 0.3 is 0 Å². The topological polar surface area (TPSA) is 104 Å². The van der Waals surface area contributed by atoms with E-state index in [0.29, 0.717) is 11.3 Å². The van der Waals surface area contributed by atoms with Crippen LogP contribution in [0.15, 0.2) is 53.4 Å². The predicted molar refractivity (Wildman–Crippen MR) is 102 cm³/mol. The molecule has 0 saturated heterocycles. The molecule has 27 heavy (non-hydrogen) atoms. The Morgan fingerprint density at radius 3 is 2.48 bits per heavy atom. The van der Waals surface area contributed by atoms with E-state index in [1.54, 1.807) is 31.2 Å². The first-order chi connectivity index (χ1) is 12.9. The van der Waals surface area contributed by atoms with Gasteiger partial charge in [0.1, 0.15) is 0 Å². The Balaban J connectivity index is 1.81. The smallest absolute Gasteiger partial charge is 0.255 e. The van der Waals surface area contributed by atoms with E-state index >= 15 is 0 Å². The van der Waals surface area contributed by atoms with Crippen molar-refractivity contribution >= 4 is 27.5 Å². The number of sulfonamides is 1. The summed E-state index contributed by atoms with van der Waals surface area (Å²) in [6.45, 7) is 1.93. The molecule has 0 bridgehead atoms. The highest BCUT2D eigenvalue weighted by molar-refractivity contribution is 7.89. The van der Waals surface area contributed by atoms with Gasteiger partial charge in [0.25, 0.3) is 11.8 Å². The molecule has 3 N–H and O–H groups in total. The van der Waals surface area contributed by atoms with Gasteiger partial charge in [-0.25, -0.2) is 13.1 Å². The van der Waals surface area contributed by atoms with Crippen molar-refractivity contribution < 1.29 is 18.0 Å². The van der Waals surface area contributed by atoms with Crippen LogP contribution in [0.3, 0.4) is 0 Å². The molecule has 1 aliphatic rings. The van der Waals surface area contributed by atoms with Crippen LogP contribution < -0.4 is 15.4 Å². The summed E-state index contributed by atoms with van der Waals surface area (Å²) >= 11 is 0. The summed E-state index contributed by atoms with van der Waals surface area (Å²) in [4.78, 5) is 25.0. The number of carbonyl (C=O) groups is 2. The lowest BCUT2D eigenvalue weighted by atomic mass is 10.1. The second-order valence-electron chi connectivity index (χ2n) is 6.28. The number of hydrogen-bond acceptors (Lipinski definition) is 4. The van der Waals surface area contributed by atoms with Crippen molar-refractivity contribution in [3.63, 3.8) is 0 Å². The summed E-state index contributed by atoms with van der Waals surface area (Å²) in [5.74, 6) is -0.730. The highest BCUT2D eigenvalue weighted by atomic mass is 32.2. The van der Waals surface area contributed by atoms with Crippen molar-refractivity contribution in [2.75, 3.05) is 11.9 Å². The van der Waals surface area contributed by atoms with Gasteiger partial charge in [0.2, 0.25) is 10.0 Å². The third kappa shape index (κ3) is 4.72. The van der Waals surface area contributed by atoms with E-state index < -0.39 is 15.9 Å². The van der Waals surface area contributed by atoms with Crippen LogP contribution in [-0.4, -0.2) is 32.8 Å². The van der Waals surface area contributed by atoms with Crippen molar-refractivity contribution in [2.45, 2.75) is 30.7 Å². The highest BCUT2D eigenvalue weighted by Gasteiger charge is 2.25. The quantitative estimate of drug-likeness (QED) is 0.677. The third-order valence-corrected chi connectivity index (χ3v) is 5.62. The normalized spacial score (nSPS) is 13.8. The lowest BCUT2D eigenvalue weighted by molar-refractivity contribution is 0.0952. The minimum Gasteiger partial charge on any atom is -0.349 e. The molecule has 1 fully saturated rings.